The predicted octanol–water partition coefficient (Wildman–Crippen LogP) is 0.591. The number of carbonyl (C=O) groups is 1. The van der Waals surface area contributed by atoms with Crippen molar-refractivity contribution in [1.29, 1.82) is 0 Å². The normalized spacial score (nSPS) is 12.6. The molecule has 6 nitrogen and oxygen atoms in total. The number of hydrogen-bond acceptors (Lipinski definition) is 4. The summed E-state index contributed by atoms with van der Waals surface area (Å²) in [5.41, 5.74) is 7.22. The van der Waals surface area contributed by atoms with Gasteiger partial charge in [0.1, 0.15) is 0 Å². The monoisotopic (exact) mass is 319 g/mol. The van der Waals surface area contributed by atoms with E-state index >= 15 is 0 Å². The summed E-state index contributed by atoms with van der Waals surface area (Å²) in [5, 5.41) is 7.71. The van der Waals surface area contributed by atoms with E-state index in [9.17, 15) is 13.2 Å². The summed E-state index contributed by atoms with van der Waals surface area (Å²) in [4.78, 5) is 12.0. The Balaban J connectivity index is 1.97. The number of primary sulfonamides is 1. The number of nitrogens with one attached hydrogen (secondary N) is 1. The summed E-state index contributed by atoms with van der Waals surface area (Å²) in [6.45, 7) is 0. The van der Waals surface area contributed by atoms with Gasteiger partial charge >= 0.3 is 0 Å². The van der Waals surface area contributed by atoms with Gasteiger partial charge in [-0.1, -0.05) is 30.3 Å². The van der Waals surface area contributed by atoms with Gasteiger partial charge in [-0.25, -0.2) is 13.6 Å². The minimum Gasteiger partial charge on any atom is -0.337 e. The second kappa shape index (κ2) is 6.69. The van der Waals surface area contributed by atoms with Crippen LogP contribution < -0.4 is 16.2 Å². The molecule has 0 aliphatic heterocycles. The Hall–Kier alpha value is -2.22. The largest absolute Gasteiger partial charge is 0.337 e. The van der Waals surface area contributed by atoms with E-state index in [4.69, 9.17) is 10.9 Å². The average molecular weight is 319 g/mol. The Morgan fingerprint density at radius 2 is 1.64 bits per heavy atom. The van der Waals surface area contributed by atoms with Crippen molar-refractivity contribution in [1.82, 2.24) is 5.32 Å². The summed E-state index contributed by atoms with van der Waals surface area (Å²) in [7, 11) is -3.70. The molecule has 1 atom stereocenters. The zero-order valence-corrected chi connectivity index (χ0v) is 12.6. The van der Waals surface area contributed by atoms with Crippen molar-refractivity contribution in [2.75, 3.05) is 0 Å². The fraction of sp³-hybridized carbons (Fsp3) is 0.133. The number of sulfonamides is 1. The Bertz CT molecular complexity index is 743. The van der Waals surface area contributed by atoms with Gasteiger partial charge in [-0.05, 0) is 29.8 Å². The molecule has 0 bridgehead atoms. The van der Waals surface area contributed by atoms with Crippen LogP contribution >= 0.6 is 0 Å². The predicted molar refractivity (Wildman–Crippen MR) is 83.4 cm³/mol. The van der Waals surface area contributed by atoms with E-state index < -0.39 is 16.2 Å². The zero-order valence-electron chi connectivity index (χ0n) is 11.8. The molecule has 0 aliphatic rings. The molecule has 0 spiro atoms. The fourth-order valence-corrected chi connectivity index (χ4v) is 2.48. The van der Waals surface area contributed by atoms with E-state index in [0.717, 1.165) is 5.56 Å². The van der Waals surface area contributed by atoms with Crippen molar-refractivity contribution >= 4 is 15.9 Å². The van der Waals surface area contributed by atoms with Gasteiger partial charge in [0, 0.05) is 12.0 Å². The summed E-state index contributed by atoms with van der Waals surface area (Å²) in [6, 6.07) is 14.8. The summed E-state index contributed by atoms with van der Waals surface area (Å²) < 4.78 is 22.3. The van der Waals surface area contributed by atoms with Crippen LogP contribution in [0.15, 0.2) is 59.5 Å². The molecule has 0 heterocycles. The lowest BCUT2D eigenvalue weighted by atomic mass is 10.1. The third-order valence-electron chi connectivity index (χ3n) is 3.06. The summed E-state index contributed by atoms with van der Waals surface area (Å²) in [6.07, 6.45) is -0.197. The van der Waals surface area contributed by atoms with Crippen LogP contribution in [-0.2, 0) is 16.4 Å². The number of hydrogen-bond donors (Lipinski definition) is 3. The Morgan fingerprint density at radius 1 is 1.05 bits per heavy atom. The van der Waals surface area contributed by atoms with Crippen molar-refractivity contribution in [2.45, 2.75) is 17.5 Å². The quantitative estimate of drug-likeness (QED) is 0.699. The first-order valence-corrected chi connectivity index (χ1v) is 8.14. The first-order valence-electron chi connectivity index (χ1n) is 6.59. The van der Waals surface area contributed by atoms with Crippen LogP contribution in [0.2, 0.25) is 0 Å². The molecule has 1 unspecified atom stereocenters. The van der Waals surface area contributed by atoms with Crippen LogP contribution in [0.5, 0.6) is 0 Å². The van der Waals surface area contributed by atoms with Crippen molar-refractivity contribution in [2.24, 2.45) is 10.9 Å². The average Bonchev–Trinajstić information content (AvgIpc) is 2.47. The zero-order chi connectivity index (χ0) is 16.2. The molecule has 0 fully saturated rings. The molecule has 2 aromatic carbocycles. The minimum absolute atomic E-state index is 0.0399. The molecular weight excluding hydrogens is 302 g/mol. The summed E-state index contributed by atoms with van der Waals surface area (Å²) in [5.74, 6) is -0.255. The number of nitrogens with two attached hydrogens (primary N) is 2. The second-order valence-electron chi connectivity index (χ2n) is 4.84. The number of rotatable bonds is 5. The van der Waals surface area contributed by atoms with Crippen LogP contribution in [0.3, 0.4) is 0 Å². The third-order valence-corrected chi connectivity index (χ3v) is 3.99. The highest BCUT2D eigenvalue weighted by Crippen LogP contribution is 2.10. The Kier molecular flexibility index (Phi) is 4.92. The minimum atomic E-state index is -3.70. The van der Waals surface area contributed by atoms with Crippen LogP contribution in [-0.4, -0.2) is 20.5 Å². The van der Waals surface area contributed by atoms with Crippen LogP contribution in [0, 0.1) is 0 Å². The maximum absolute atomic E-state index is 11.9. The second-order valence-corrected chi connectivity index (χ2v) is 6.40. The molecule has 2 aromatic rings. The molecule has 22 heavy (non-hydrogen) atoms. The molecule has 1 amide bonds. The Morgan fingerprint density at radius 3 is 2.18 bits per heavy atom. The van der Waals surface area contributed by atoms with Gasteiger partial charge in [0.15, 0.2) is 0 Å². The molecule has 7 heteroatoms. The topological polar surface area (TPSA) is 115 Å². The van der Waals surface area contributed by atoms with Gasteiger partial charge in [0.25, 0.3) is 5.91 Å². The molecule has 5 N–H and O–H groups in total. The van der Waals surface area contributed by atoms with E-state index in [2.05, 4.69) is 5.32 Å². The van der Waals surface area contributed by atoms with Crippen LogP contribution in [0.1, 0.15) is 15.9 Å². The van der Waals surface area contributed by atoms with Gasteiger partial charge in [-0.2, -0.15) is 0 Å². The molecule has 0 saturated heterocycles. The van der Waals surface area contributed by atoms with Gasteiger partial charge in [0.05, 0.1) is 11.1 Å². The van der Waals surface area contributed by atoms with E-state index in [0.29, 0.717) is 12.0 Å². The van der Waals surface area contributed by atoms with Crippen LogP contribution in [0.25, 0.3) is 0 Å². The standard InChI is InChI=1S/C15H17N3O3S/c16-14(18-15(19)12-4-2-1-3-5-12)10-11-6-8-13(9-7-11)22(17,20)21/h1-9,14H,10,16H2,(H,18,19)(H2,17,20,21). The highest BCUT2D eigenvalue weighted by Gasteiger charge is 2.11. The molecule has 0 aromatic heterocycles. The highest BCUT2D eigenvalue weighted by molar-refractivity contribution is 7.89. The van der Waals surface area contributed by atoms with Gasteiger partial charge in [-0.3, -0.25) is 4.79 Å². The third kappa shape index (κ3) is 4.39. The van der Waals surface area contributed by atoms with E-state index in [-0.39, 0.29) is 10.8 Å². The van der Waals surface area contributed by atoms with Gasteiger partial charge < -0.3 is 11.1 Å². The molecule has 0 radical (unpaired) electrons. The molecule has 116 valence electrons. The number of amides is 1. The van der Waals surface area contributed by atoms with E-state index in [1.165, 1.54) is 12.1 Å². The molecule has 0 aliphatic carbocycles. The van der Waals surface area contributed by atoms with Crippen molar-refractivity contribution in [3.63, 3.8) is 0 Å². The lowest BCUT2D eigenvalue weighted by Crippen LogP contribution is -2.43. The van der Waals surface area contributed by atoms with Crippen molar-refractivity contribution < 1.29 is 13.2 Å². The van der Waals surface area contributed by atoms with Crippen LogP contribution in [0.4, 0.5) is 0 Å². The molecule has 2 rings (SSSR count). The first-order chi connectivity index (χ1) is 10.4. The molecular formula is C15H17N3O3S. The summed E-state index contributed by atoms with van der Waals surface area (Å²) >= 11 is 0. The SMILES string of the molecule is NC(Cc1ccc(S(N)(=O)=O)cc1)NC(=O)c1ccccc1. The maximum Gasteiger partial charge on any atom is 0.252 e. The number of carbonyl (C=O) groups excluding carboxylic acids is 1. The van der Waals surface area contributed by atoms with Gasteiger partial charge in [0.2, 0.25) is 10.0 Å². The van der Waals surface area contributed by atoms with Crippen molar-refractivity contribution in [3.8, 4) is 0 Å². The number of benzene rings is 2. The highest BCUT2D eigenvalue weighted by atomic mass is 32.2. The first kappa shape index (κ1) is 16.2. The molecule has 0 saturated carbocycles. The lowest BCUT2D eigenvalue weighted by Gasteiger charge is -2.14. The Labute approximate surface area is 129 Å². The van der Waals surface area contributed by atoms with Gasteiger partial charge in [-0.15, -0.1) is 0 Å². The lowest BCUT2D eigenvalue weighted by molar-refractivity contribution is 0.0938. The van der Waals surface area contributed by atoms with E-state index in [1.54, 1.807) is 36.4 Å². The maximum atomic E-state index is 11.9. The smallest absolute Gasteiger partial charge is 0.252 e. The fourth-order valence-electron chi connectivity index (χ4n) is 1.96. The van der Waals surface area contributed by atoms with Crippen molar-refractivity contribution in [3.05, 3.63) is 65.7 Å². The van der Waals surface area contributed by atoms with E-state index in [1.807, 2.05) is 6.07 Å².